The van der Waals surface area contributed by atoms with E-state index in [1.807, 2.05) is 18.2 Å². The number of rotatable bonds is 4. The highest BCUT2D eigenvalue weighted by Gasteiger charge is 2.22. The Bertz CT molecular complexity index is 274. The van der Waals surface area contributed by atoms with Crippen LogP contribution < -0.4 is 4.48 Å². The number of aliphatic hydroxyl groups is 1. The van der Waals surface area contributed by atoms with E-state index in [2.05, 4.69) is 26.2 Å². The van der Waals surface area contributed by atoms with Gasteiger partial charge in [-0.1, -0.05) is 18.2 Å². The number of likely N-dealkylation sites (N-methyl/N-ethyl adjacent to an activating group) is 1. The van der Waals surface area contributed by atoms with Gasteiger partial charge in [0.15, 0.2) is 0 Å². The van der Waals surface area contributed by atoms with Gasteiger partial charge in [-0.3, -0.25) is 4.48 Å². The largest absolute Gasteiger partial charge is 0.386 e. The average Bonchev–Trinajstić information content (AvgIpc) is 2.18. The predicted octanol–water partition coefficient (Wildman–Crippen LogP) is 1.85. The topological polar surface area (TPSA) is 20.2 Å². The number of aliphatic hydroxyl groups excluding tert-OH is 1. The van der Waals surface area contributed by atoms with Gasteiger partial charge < -0.3 is 5.11 Å². The normalized spacial score (nSPS) is 14.0. The van der Waals surface area contributed by atoms with Crippen LogP contribution in [-0.4, -0.2) is 37.7 Å². The predicted molar refractivity (Wildman–Crippen MR) is 61.7 cm³/mol. The summed E-state index contributed by atoms with van der Waals surface area (Å²) in [5.41, 5.74) is 1.18. The summed E-state index contributed by atoms with van der Waals surface area (Å²) in [5.74, 6) is 0.286. The summed E-state index contributed by atoms with van der Waals surface area (Å²) in [6.45, 7) is 0.632. The first-order valence-electron chi connectivity index (χ1n) is 4.69. The van der Waals surface area contributed by atoms with Gasteiger partial charge in [-0.25, -0.2) is 0 Å². The second kappa shape index (κ2) is 4.78. The van der Waals surface area contributed by atoms with Crippen LogP contribution in [0.5, 0.6) is 0 Å². The molecule has 0 aliphatic rings. The maximum atomic E-state index is 9.51. The number of hydrogen-bond acceptors (Lipinski definition) is 1. The summed E-state index contributed by atoms with van der Waals surface area (Å²) >= 11 is 5.59. The molecule has 1 atom stereocenters. The molecule has 14 heavy (non-hydrogen) atoms. The van der Waals surface area contributed by atoms with Crippen molar-refractivity contribution >= 4 is 17.3 Å². The number of benzene rings is 1. The fourth-order valence-corrected chi connectivity index (χ4v) is 1.61. The quantitative estimate of drug-likeness (QED) is 0.599. The number of nitrogens with zero attached hydrogens (tertiary/aromatic N) is 1. The Hall–Kier alpha value is -0.570. The number of halogens is 1. The fourth-order valence-electron chi connectivity index (χ4n) is 1.51. The Morgan fingerprint density at radius 1 is 1.29 bits per heavy atom. The van der Waals surface area contributed by atoms with Crippen molar-refractivity contribution in [3.63, 3.8) is 0 Å². The van der Waals surface area contributed by atoms with E-state index < -0.39 is 6.10 Å². The molecule has 1 N–H and O–H groups in total. The summed E-state index contributed by atoms with van der Waals surface area (Å²) < 4.78 is 0.648. The highest BCUT2D eigenvalue weighted by atomic mass is 35.5. The van der Waals surface area contributed by atoms with Crippen LogP contribution in [0.3, 0.4) is 0 Å². The van der Waals surface area contributed by atoms with Crippen LogP contribution in [0.2, 0.25) is 0 Å². The van der Waals surface area contributed by atoms with E-state index in [4.69, 9.17) is 11.6 Å². The summed E-state index contributed by atoms with van der Waals surface area (Å²) in [6, 6.07) is 10.1. The standard InChI is InChI=1S/C11H17ClNO/c1-13(2,9-11(14)8-12)10-6-4-3-5-7-10/h3-7,11,14H,8-9H2,1-2H3/q+1. The van der Waals surface area contributed by atoms with Crippen LogP contribution in [-0.2, 0) is 0 Å². The van der Waals surface area contributed by atoms with Gasteiger partial charge in [-0.05, 0) is 12.1 Å². The molecule has 78 valence electrons. The van der Waals surface area contributed by atoms with Crippen molar-refractivity contribution in [3.05, 3.63) is 30.3 Å². The third-order valence-corrected chi connectivity index (χ3v) is 2.66. The summed E-state index contributed by atoms with van der Waals surface area (Å²) in [7, 11) is 4.12. The molecule has 0 spiro atoms. The highest BCUT2D eigenvalue weighted by Crippen LogP contribution is 2.18. The Kier molecular flexibility index (Phi) is 3.93. The van der Waals surface area contributed by atoms with Crippen molar-refractivity contribution in [2.45, 2.75) is 6.10 Å². The summed E-state index contributed by atoms with van der Waals surface area (Å²) in [5, 5.41) is 9.51. The minimum atomic E-state index is -0.452. The number of para-hydroxylation sites is 1. The highest BCUT2D eigenvalue weighted by molar-refractivity contribution is 6.18. The maximum Gasteiger partial charge on any atom is 0.132 e. The molecule has 0 heterocycles. The Morgan fingerprint density at radius 2 is 1.86 bits per heavy atom. The Labute approximate surface area is 90.3 Å². The number of quaternary nitrogens is 1. The minimum absolute atomic E-state index is 0.286. The third-order valence-electron chi connectivity index (χ3n) is 2.30. The molecule has 0 aromatic heterocycles. The molecular formula is C11H17ClNO+. The van der Waals surface area contributed by atoms with Crippen molar-refractivity contribution in [1.82, 2.24) is 4.48 Å². The Balaban J connectivity index is 2.75. The molecule has 2 nitrogen and oxygen atoms in total. The minimum Gasteiger partial charge on any atom is -0.386 e. The van der Waals surface area contributed by atoms with Gasteiger partial charge in [0.1, 0.15) is 18.3 Å². The lowest BCUT2D eigenvalue weighted by molar-refractivity contribution is 0.157. The number of hydrogen-bond donors (Lipinski definition) is 1. The van der Waals surface area contributed by atoms with E-state index in [1.54, 1.807) is 0 Å². The van der Waals surface area contributed by atoms with Gasteiger partial charge in [0.2, 0.25) is 0 Å². The van der Waals surface area contributed by atoms with Crippen molar-refractivity contribution in [3.8, 4) is 0 Å². The zero-order valence-electron chi connectivity index (χ0n) is 8.65. The fraction of sp³-hybridized carbons (Fsp3) is 0.455. The molecule has 0 radical (unpaired) electrons. The van der Waals surface area contributed by atoms with Crippen molar-refractivity contribution < 1.29 is 5.11 Å². The van der Waals surface area contributed by atoms with Crippen molar-refractivity contribution in [2.75, 3.05) is 26.5 Å². The van der Waals surface area contributed by atoms with E-state index in [0.29, 0.717) is 11.0 Å². The second-order valence-electron chi connectivity index (χ2n) is 4.01. The monoisotopic (exact) mass is 214 g/mol. The molecule has 1 unspecified atom stereocenters. The molecule has 1 aromatic carbocycles. The first-order valence-corrected chi connectivity index (χ1v) is 5.22. The summed E-state index contributed by atoms with van der Waals surface area (Å²) in [4.78, 5) is 0. The molecule has 0 aliphatic heterocycles. The molecule has 0 saturated heterocycles. The van der Waals surface area contributed by atoms with Gasteiger partial charge in [-0.15, -0.1) is 11.6 Å². The molecule has 3 heteroatoms. The second-order valence-corrected chi connectivity index (χ2v) is 4.32. The van der Waals surface area contributed by atoms with Crippen LogP contribution >= 0.6 is 11.6 Å². The first kappa shape index (κ1) is 11.5. The van der Waals surface area contributed by atoms with Crippen LogP contribution in [0.25, 0.3) is 0 Å². The van der Waals surface area contributed by atoms with E-state index in [-0.39, 0.29) is 5.88 Å². The van der Waals surface area contributed by atoms with Crippen LogP contribution in [0, 0.1) is 0 Å². The van der Waals surface area contributed by atoms with E-state index in [0.717, 1.165) is 0 Å². The van der Waals surface area contributed by atoms with Gasteiger partial charge >= 0.3 is 0 Å². The SMILES string of the molecule is C[N+](C)(CC(O)CCl)c1ccccc1. The molecule has 1 aromatic rings. The lowest BCUT2D eigenvalue weighted by Gasteiger charge is -2.30. The van der Waals surface area contributed by atoms with Crippen molar-refractivity contribution in [1.29, 1.82) is 0 Å². The summed E-state index contributed by atoms with van der Waals surface area (Å²) in [6.07, 6.45) is -0.452. The van der Waals surface area contributed by atoms with Crippen LogP contribution in [0.1, 0.15) is 0 Å². The van der Waals surface area contributed by atoms with E-state index >= 15 is 0 Å². The van der Waals surface area contributed by atoms with Gasteiger partial charge in [0.05, 0.1) is 20.0 Å². The molecule has 0 bridgehead atoms. The molecule has 0 amide bonds. The van der Waals surface area contributed by atoms with Gasteiger partial charge in [0, 0.05) is 0 Å². The molecule has 1 rings (SSSR count). The van der Waals surface area contributed by atoms with Gasteiger partial charge in [0.25, 0.3) is 0 Å². The molecule has 0 saturated carbocycles. The van der Waals surface area contributed by atoms with Crippen molar-refractivity contribution in [2.24, 2.45) is 0 Å². The molecule has 0 aliphatic carbocycles. The lowest BCUT2D eigenvalue weighted by atomic mass is 10.2. The third kappa shape index (κ3) is 2.98. The van der Waals surface area contributed by atoms with E-state index in [9.17, 15) is 5.11 Å². The smallest absolute Gasteiger partial charge is 0.132 e. The van der Waals surface area contributed by atoms with Gasteiger partial charge in [-0.2, -0.15) is 0 Å². The van der Waals surface area contributed by atoms with Crippen LogP contribution in [0.15, 0.2) is 30.3 Å². The maximum absolute atomic E-state index is 9.51. The Morgan fingerprint density at radius 3 is 2.36 bits per heavy atom. The molecule has 0 fully saturated rings. The average molecular weight is 215 g/mol. The zero-order valence-corrected chi connectivity index (χ0v) is 9.41. The molecular weight excluding hydrogens is 198 g/mol. The lowest BCUT2D eigenvalue weighted by Crippen LogP contribution is -2.46. The van der Waals surface area contributed by atoms with E-state index in [1.165, 1.54) is 5.69 Å². The first-order chi connectivity index (χ1) is 6.56. The number of alkyl halides is 1. The van der Waals surface area contributed by atoms with Crippen LogP contribution in [0.4, 0.5) is 5.69 Å². The zero-order chi connectivity index (χ0) is 10.6.